The van der Waals surface area contributed by atoms with Gasteiger partial charge < -0.3 is 5.32 Å². The second-order valence-electron chi connectivity index (χ2n) is 4.75. The Morgan fingerprint density at radius 2 is 2.25 bits per heavy atom. The lowest BCUT2D eigenvalue weighted by Gasteiger charge is -2.17. The molecule has 0 aliphatic heterocycles. The van der Waals surface area contributed by atoms with Crippen LogP contribution in [0, 0.1) is 13.8 Å². The van der Waals surface area contributed by atoms with Crippen molar-refractivity contribution in [1.82, 2.24) is 15.3 Å². The Balaban J connectivity index is 2.16. The Labute approximate surface area is 123 Å². The molecule has 0 saturated heterocycles. The van der Waals surface area contributed by atoms with Crippen molar-refractivity contribution in [3.05, 3.63) is 45.7 Å². The lowest BCUT2D eigenvalue weighted by Crippen LogP contribution is -2.29. The minimum atomic E-state index is -0.102. The zero-order valence-electron chi connectivity index (χ0n) is 12.0. The van der Waals surface area contributed by atoms with E-state index in [0.717, 1.165) is 18.5 Å². The van der Waals surface area contributed by atoms with Crippen LogP contribution >= 0.6 is 11.3 Å². The van der Waals surface area contributed by atoms with Crippen molar-refractivity contribution in [2.45, 2.75) is 39.7 Å². The predicted octanol–water partition coefficient (Wildman–Crippen LogP) is 3.43. The average Bonchev–Trinajstić information content (AvgIpc) is 2.91. The van der Waals surface area contributed by atoms with Gasteiger partial charge in [0.05, 0.1) is 17.3 Å². The van der Waals surface area contributed by atoms with Gasteiger partial charge in [-0.25, -0.2) is 9.97 Å². The van der Waals surface area contributed by atoms with Crippen LogP contribution in [-0.4, -0.2) is 15.9 Å². The van der Waals surface area contributed by atoms with E-state index < -0.39 is 0 Å². The highest BCUT2D eigenvalue weighted by molar-refractivity contribution is 7.10. The van der Waals surface area contributed by atoms with Gasteiger partial charge in [0.2, 0.25) is 0 Å². The van der Waals surface area contributed by atoms with Crippen LogP contribution in [-0.2, 0) is 0 Å². The van der Waals surface area contributed by atoms with Crippen molar-refractivity contribution in [3.8, 4) is 0 Å². The maximum Gasteiger partial charge on any atom is 0.255 e. The third kappa shape index (κ3) is 3.42. The largest absolute Gasteiger partial charge is 0.344 e. The first-order valence-corrected chi connectivity index (χ1v) is 7.64. The van der Waals surface area contributed by atoms with Gasteiger partial charge in [-0.2, -0.15) is 0 Å². The van der Waals surface area contributed by atoms with Crippen LogP contribution < -0.4 is 5.32 Å². The van der Waals surface area contributed by atoms with E-state index in [0.29, 0.717) is 11.4 Å². The lowest BCUT2D eigenvalue weighted by molar-refractivity contribution is 0.0933. The number of aromatic nitrogens is 2. The molecule has 1 unspecified atom stereocenters. The summed E-state index contributed by atoms with van der Waals surface area (Å²) in [5.74, 6) is 0.580. The van der Waals surface area contributed by atoms with Gasteiger partial charge in [-0.15, -0.1) is 11.3 Å². The van der Waals surface area contributed by atoms with E-state index in [4.69, 9.17) is 0 Å². The highest BCUT2D eigenvalue weighted by Gasteiger charge is 2.18. The topological polar surface area (TPSA) is 54.9 Å². The van der Waals surface area contributed by atoms with Gasteiger partial charge in [0.15, 0.2) is 0 Å². The molecule has 5 heteroatoms. The molecule has 2 rings (SSSR count). The number of nitrogens with zero attached hydrogens (tertiary/aromatic N) is 2. The van der Waals surface area contributed by atoms with E-state index in [1.807, 2.05) is 25.3 Å². The summed E-state index contributed by atoms with van der Waals surface area (Å²) in [4.78, 5) is 21.9. The fourth-order valence-corrected chi connectivity index (χ4v) is 2.92. The molecule has 0 fully saturated rings. The Morgan fingerprint density at radius 1 is 1.45 bits per heavy atom. The van der Waals surface area contributed by atoms with Gasteiger partial charge in [-0.05, 0) is 31.7 Å². The van der Waals surface area contributed by atoms with E-state index in [1.165, 1.54) is 4.88 Å². The van der Waals surface area contributed by atoms with Gasteiger partial charge in [0, 0.05) is 11.1 Å². The highest BCUT2D eigenvalue weighted by atomic mass is 32.1. The van der Waals surface area contributed by atoms with Crippen molar-refractivity contribution >= 4 is 17.2 Å². The molecule has 20 heavy (non-hydrogen) atoms. The Hall–Kier alpha value is -1.75. The first-order chi connectivity index (χ1) is 9.61. The average molecular weight is 289 g/mol. The fourth-order valence-electron chi connectivity index (χ4n) is 2.11. The molecule has 0 spiro atoms. The normalized spacial score (nSPS) is 12.2. The third-order valence-electron chi connectivity index (χ3n) is 3.11. The fraction of sp³-hybridized carbons (Fsp3) is 0.400. The zero-order chi connectivity index (χ0) is 14.5. The molecule has 2 aromatic heterocycles. The Bertz CT molecular complexity index is 581. The summed E-state index contributed by atoms with van der Waals surface area (Å²) in [7, 11) is 0. The maximum absolute atomic E-state index is 12.4. The van der Waals surface area contributed by atoms with Crippen molar-refractivity contribution in [2.24, 2.45) is 0 Å². The number of thiophene rings is 1. The molecule has 0 radical (unpaired) electrons. The van der Waals surface area contributed by atoms with Crippen LogP contribution in [0.15, 0.2) is 23.7 Å². The van der Waals surface area contributed by atoms with Crippen LogP contribution in [0.2, 0.25) is 0 Å². The number of rotatable bonds is 5. The summed E-state index contributed by atoms with van der Waals surface area (Å²) in [6.45, 7) is 5.77. The van der Waals surface area contributed by atoms with E-state index in [9.17, 15) is 4.79 Å². The van der Waals surface area contributed by atoms with Crippen LogP contribution in [0.25, 0.3) is 0 Å². The molecule has 2 aromatic rings. The van der Waals surface area contributed by atoms with E-state index in [2.05, 4.69) is 28.3 Å². The smallest absolute Gasteiger partial charge is 0.255 e. The summed E-state index contributed by atoms with van der Waals surface area (Å²) in [5.41, 5.74) is 1.27. The number of carbonyl (C=O) groups excluding carboxylic acids is 1. The van der Waals surface area contributed by atoms with Gasteiger partial charge in [0.25, 0.3) is 5.91 Å². The first kappa shape index (κ1) is 14.7. The van der Waals surface area contributed by atoms with Crippen LogP contribution in [0.4, 0.5) is 0 Å². The molecule has 0 bridgehead atoms. The third-order valence-corrected chi connectivity index (χ3v) is 4.10. The van der Waals surface area contributed by atoms with Crippen molar-refractivity contribution in [1.29, 1.82) is 0 Å². The van der Waals surface area contributed by atoms with Gasteiger partial charge in [-0.3, -0.25) is 4.79 Å². The summed E-state index contributed by atoms with van der Waals surface area (Å²) in [5, 5.41) is 5.12. The standard InChI is InChI=1S/C15H19N3OS/c1-4-6-13(14-7-5-8-20-14)18-15(19)12-9-16-11(3)17-10(12)2/h5,7-9,13H,4,6H2,1-3H3,(H,18,19). The van der Waals surface area contributed by atoms with Gasteiger partial charge in [-0.1, -0.05) is 19.4 Å². The molecule has 1 N–H and O–H groups in total. The van der Waals surface area contributed by atoms with Crippen molar-refractivity contribution < 1.29 is 4.79 Å². The van der Waals surface area contributed by atoms with E-state index in [1.54, 1.807) is 17.5 Å². The quantitative estimate of drug-likeness (QED) is 0.917. The monoisotopic (exact) mass is 289 g/mol. The minimum Gasteiger partial charge on any atom is -0.344 e. The molecule has 0 aromatic carbocycles. The van der Waals surface area contributed by atoms with Gasteiger partial charge >= 0.3 is 0 Å². The first-order valence-electron chi connectivity index (χ1n) is 6.76. The second kappa shape index (κ2) is 6.61. The SMILES string of the molecule is CCCC(NC(=O)c1cnc(C)nc1C)c1cccs1. The molecule has 1 atom stereocenters. The van der Waals surface area contributed by atoms with E-state index >= 15 is 0 Å². The van der Waals surface area contributed by atoms with Crippen molar-refractivity contribution in [3.63, 3.8) is 0 Å². The number of nitrogens with one attached hydrogen (secondary N) is 1. The molecule has 106 valence electrons. The second-order valence-corrected chi connectivity index (χ2v) is 5.73. The number of carbonyl (C=O) groups is 1. The van der Waals surface area contributed by atoms with E-state index in [-0.39, 0.29) is 11.9 Å². The Kier molecular flexibility index (Phi) is 4.84. The number of amides is 1. The van der Waals surface area contributed by atoms with Crippen LogP contribution in [0.3, 0.4) is 0 Å². The Morgan fingerprint density at radius 3 is 2.85 bits per heavy atom. The number of hydrogen-bond donors (Lipinski definition) is 1. The van der Waals surface area contributed by atoms with Gasteiger partial charge in [0.1, 0.15) is 5.82 Å². The zero-order valence-corrected chi connectivity index (χ0v) is 12.8. The van der Waals surface area contributed by atoms with Crippen molar-refractivity contribution in [2.75, 3.05) is 0 Å². The molecule has 1 amide bonds. The minimum absolute atomic E-state index is 0.0632. The summed E-state index contributed by atoms with van der Waals surface area (Å²) < 4.78 is 0. The summed E-state index contributed by atoms with van der Waals surface area (Å²) in [6, 6.07) is 4.13. The van der Waals surface area contributed by atoms with Crippen LogP contribution in [0.5, 0.6) is 0 Å². The van der Waals surface area contributed by atoms with Crippen LogP contribution in [0.1, 0.15) is 52.6 Å². The lowest BCUT2D eigenvalue weighted by atomic mass is 10.1. The summed E-state index contributed by atoms with van der Waals surface area (Å²) in [6.07, 6.45) is 3.55. The molecular formula is C15H19N3OS. The molecule has 2 heterocycles. The molecule has 0 saturated carbocycles. The molecule has 4 nitrogen and oxygen atoms in total. The summed E-state index contributed by atoms with van der Waals surface area (Å²) >= 11 is 1.67. The maximum atomic E-state index is 12.4. The number of hydrogen-bond acceptors (Lipinski definition) is 4. The predicted molar refractivity (Wildman–Crippen MR) is 80.9 cm³/mol. The molecule has 0 aliphatic carbocycles. The number of aryl methyl sites for hydroxylation is 2. The molecule has 0 aliphatic rings. The highest BCUT2D eigenvalue weighted by Crippen LogP contribution is 2.23. The molecular weight excluding hydrogens is 270 g/mol.